The molecule has 0 aliphatic heterocycles. The summed E-state index contributed by atoms with van der Waals surface area (Å²) in [6.45, 7) is 4.20. The van der Waals surface area contributed by atoms with Crippen LogP contribution in [0.1, 0.15) is 37.8 Å². The maximum Gasteiger partial charge on any atom is 0.121 e. The molecule has 12 heavy (non-hydrogen) atoms. The molecular weight excluding hydrogens is 170 g/mol. The number of thiazole rings is 1. The molecule has 0 saturated carbocycles. The average molecular weight is 185 g/mol. The van der Waals surface area contributed by atoms with Gasteiger partial charge in [-0.25, -0.2) is 4.98 Å². The first-order chi connectivity index (χ1) is 5.79. The summed E-state index contributed by atoms with van der Waals surface area (Å²) < 4.78 is 0. The molecule has 3 heteroatoms. The summed E-state index contributed by atoms with van der Waals surface area (Å²) in [7, 11) is 0. The molecule has 1 unspecified atom stereocenters. The van der Waals surface area contributed by atoms with Gasteiger partial charge < -0.3 is 5.11 Å². The summed E-state index contributed by atoms with van der Waals surface area (Å²) in [4.78, 5) is 4.10. The summed E-state index contributed by atoms with van der Waals surface area (Å²) in [5, 5.41) is 12.6. The fourth-order valence-corrected chi connectivity index (χ4v) is 2.03. The van der Waals surface area contributed by atoms with Gasteiger partial charge in [0.15, 0.2) is 0 Å². The van der Waals surface area contributed by atoms with E-state index in [4.69, 9.17) is 0 Å². The lowest BCUT2D eigenvalue weighted by atomic mass is 9.97. The molecule has 0 aromatic carbocycles. The standard InChI is InChI=1S/C9H15NOS/c1-3-7(4-2)8(11)9-10-5-6-12-9/h5-8,11H,3-4H2,1-2H3. The van der Waals surface area contributed by atoms with Gasteiger partial charge in [-0.2, -0.15) is 0 Å². The number of nitrogens with zero attached hydrogens (tertiary/aromatic N) is 1. The van der Waals surface area contributed by atoms with Crippen LogP contribution in [0.5, 0.6) is 0 Å². The van der Waals surface area contributed by atoms with Crippen molar-refractivity contribution < 1.29 is 5.11 Å². The number of hydrogen-bond donors (Lipinski definition) is 1. The second kappa shape index (κ2) is 4.58. The van der Waals surface area contributed by atoms with Crippen LogP contribution in [0, 0.1) is 5.92 Å². The molecule has 0 bridgehead atoms. The van der Waals surface area contributed by atoms with Crippen LogP contribution < -0.4 is 0 Å². The zero-order valence-corrected chi connectivity index (χ0v) is 8.34. The van der Waals surface area contributed by atoms with Crippen molar-refractivity contribution in [1.29, 1.82) is 0 Å². The highest BCUT2D eigenvalue weighted by molar-refractivity contribution is 7.09. The van der Waals surface area contributed by atoms with E-state index in [1.54, 1.807) is 6.20 Å². The van der Waals surface area contributed by atoms with Crippen LogP contribution in [-0.2, 0) is 0 Å². The predicted molar refractivity (Wildman–Crippen MR) is 51.1 cm³/mol. The molecule has 1 aromatic rings. The topological polar surface area (TPSA) is 33.1 Å². The number of aromatic nitrogens is 1. The Morgan fingerprint density at radius 1 is 1.50 bits per heavy atom. The molecule has 1 rings (SSSR count). The van der Waals surface area contributed by atoms with Crippen molar-refractivity contribution in [3.8, 4) is 0 Å². The third kappa shape index (κ3) is 2.05. The van der Waals surface area contributed by atoms with E-state index < -0.39 is 0 Å². The highest BCUT2D eigenvalue weighted by atomic mass is 32.1. The zero-order chi connectivity index (χ0) is 8.97. The van der Waals surface area contributed by atoms with Crippen LogP contribution in [0.3, 0.4) is 0 Å². The Morgan fingerprint density at radius 2 is 2.17 bits per heavy atom. The first kappa shape index (κ1) is 9.68. The van der Waals surface area contributed by atoms with Gasteiger partial charge in [-0.05, 0) is 5.92 Å². The van der Waals surface area contributed by atoms with Crippen molar-refractivity contribution in [3.05, 3.63) is 16.6 Å². The van der Waals surface area contributed by atoms with Gasteiger partial charge in [0.2, 0.25) is 0 Å². The second-order valence-corrected chi connectivity index (χ2v) is 3.82. The van der Waals surface area contributed by atoms with Gasteiger partial charge in [0.05, 0.1) is 0 Å². The molecular formula is C9H15NOS. The van der Waals surface area contributed by atoms with E-state index in [-0.39, 0.29) is 6.10 Å². The second-order valence-electron chi connectivity index (χ2n) is 2.89. The van der Waals surface area contributed by atoms with Crippen LogP contribution in [0.4, 0.5) is 0 Å². The van der Waals surface area contributed by atoms with Crippen molar-refractivity contribution in [2.24, 2.45) is 5.92 Å². The van der Waals surface area contributed by atoms with Crippen molar-refractivity contribution in [1.82, 2.24) is 4.98 Å². The fraction of sp³-hybridized carbons (Fsp3) is 0.667. The van der Waals surface area contributed by atoms with Crippen molar-refractivity contribution in [2.45, 2.75) is 32.8 Å². The first-order valence-electron chi connectivity index (χ1n) is 4.37. The van der Waals surface area contributed by atoms with Crippen molar-refractivity contribution in [2.75, 3.05) is 0 Å². The van der Waals surface area contributed by atoms with Crippen LogP contribution in [0.2, 0.25) is 0 Å². The zero-order valence-electron chi connectivity index (χ0n) is 7.53. The quantitative estimate of drug-likeness (QED) is 0.782. The Hall–Kier alpha value is -0.410. The molecule has 0 aliphatic carbocycles. The molecule has 0 aliphatic rings. The molecule has 0 spiro atoms. The average Bonchev–Trinajstić information content (AvgIpc) is 2.58. The van der Waals surface area contributed by atoms with Gasteiger partial charge in [-0.15, -0.1) is 11.3 Å². The van der Waals surface area contributed by atoms with Crippen LogP contribution in [0.15, 0.2) is 11.6 Å². The number of hydrogen-bond acceptors (Lipinski definition) is 3. The van der Waals surface area contributed by atoms with Crippen LogP contribution in [0.25, 0.3) is 0 Å². The molecule has 1 heterocycles. The molecule has 1 N–H and O–H groups in total. The lowest BCUT2D eigenvalue weighted by molar-refractivity contribution is 0.103. The van der Waals surface area contributed by atoms with Gasteiger partial charge in [0, 0.05) is 11.6 Å². The maximum absolute atomic E-state index is 9.82. The molecule has 1 aromatic heterocycles. The maximum atomic E-state index is 9.82. The number of rotatable bonds is 4. The summed E-state index contributed by atoms with van der Waals surface area (Å²) in [5.41, 5.74) is 0. The Kier molecular flexibility index (Phi) is 3.69. The van der Waals surface area contributed by atoms with E-state index in [0.717, 1.165) is 17.8 Å². The predicted octanol–water partition coefficient (Wildman–Crippen LogP) is 2.61. The smallest absolute Gasteiger partial charge is 0.121 e. The summed E-state index contributed by atoms with van der Waals surface area (Å²) >= 11 is 1.53. The molecule has 68 valence electrons. The van der Waals surface area contributed by atoms with Crippen LogP contribution >= 0.6 is 11.3 Å². The third-order valence-corrected chi connectivity index (χ3v) is 3.05. The Labute approximate surface area is 77.3 Å². The summed E-state index contributed by atoms with van der Waals surface area (Å²) in [6.07, 6.45) is 3.40. The minimum atomic E-state index is -0.361. The normalized spacial score (nSPS) is 13.7. The van der Waals surface area contributed by atoms with E-state index in [1.165, 1.54) is 11.3 Å². The molecule has 0 amide bonds. The van der Waals surface area contributed by atoms with Crippen molar-refractivity contribution >= 4 is 11.3 Å². The largest absolute Gasteiger partial charge is 0.386 e. The lowest BCUT2D eigenvalue weighted by Gasteiger charge is -2.17. The number of aliphatic hydroxyl groups excluding tert-OH is 1. The van der Waals surface area contributed by atoms with Crippen LogP contribution in [-0.4, -0.2) is 10.1 Å². The SMILES string of the molecule is CCC(CC)C(O)c1nccs1. The van der Waals surface area contributed by atoms with E-state index >= 15 is 0 Å². The van der Waals surface area contributed by atoms with E-state index in [1.807, 2.05) is 5.38 Å². The highest BCUT2D eigenvalue weighted by Crippen LogP contribution is 2.27. The van der Waals surface area contributed by atoms with E-state index in [2.05, 4.69) is 18.8 Å². The van der Waals surface area contributed by atoms with Gasteiger partial charge in [-0.1, -0.05) is 26.7 Å². The number of aliphatic hydroxyl groups is 1. The lowest BCUT2D eigenvalue weighted by Crippen LogP contribution is -2.10. The van der Waals surface area contributed by atoms with Gasteiger partial charge in [0.25, 0.3) is 0 Å². The minimum absolute atomic E-state index is 0.358. The molecule has 0 saturated heterocycles. The molecule has 1 atom stereocenters. The summed E-state index contributed by atoms with van der Waals surface area (Å²) in [5.74, 6) is 0.358. The highest BCUT2D eigenvalue weighted by Gasteiger charge is 2.19. The Balaban J connectivity index is 2.63. The van der Waals surface area contributed by atoms with Gasteiger partial charge in [0.1, 0.15) is 11.1 Å². The van der Waals surface area contributed by atoms with E-state index in [0.29, 0.717) is 5.92 Å². The van der Waals surface area contributed by atoms with Gasteiger partial charge >= 0.3 is 0 Å². The van der Waals surface area contributed by atoms with E-state index in [9.17, 15) is 5.11 Å². The summed E-state index contributed by atoms with van der Waals surface area (Å²) in [6, 6.07) is 0. The molecule has 0 radical (unpaired) electrons. The van der Waals surface area contributed by atoms with Gasteiger partial charge in [-0.3, -0.25) is 0 Å². The molecule has 2 nitrogen and oxygen atoms in total. The monoisotopic (exact) mass is 185 g/mol. The molecule has 0 fully saturated rings. The third-order valence-electron chi connectivity index (χ3n) is 2.20. The first-order valence-corrected chi connectivity index (χ1v) is 5.25. The fourth-order valence-electron chi connectivity index (χ4n) is 1.32. The Morgan fingerprint density at radius 3 is 2.58 bits per heavy atom. The van der Waals surface area contributed by atoms with Crippen molar-refractivity contribution in [3.63, 3.8) is 0 Å². The minimum Gasteiger partial charge on any atom is -0.386 e. The Bertz CT molecular complexity index is 206.